The summed E-state index contributed by atoms with van der Waals surface area (Å²) >= 11 is 0. The SMILES string of the molecule is Cc1cccc(Nc2nc(C)c([N+](=O)[O-])c(C)c2C#N)c1. The highest BCUT2D eigenvalue weighted by molar-refractivity contribution is 5.69. The van der Waals surface area contributed by atoms with E-state index in [1.807, 2.05) is 37.3 Å². The Balaban J connectivity index is 2.55. The number of aromatic nitrogens is 1. The summed E-state index contributed by atoms with van der Waals surface area (Å²) in [6.07, 6.45) is 0. The van der Waals surface area contributed by atoms with Crippen molar-refractivity contribution in [2.75, 3.05) is 5.32 Å². The van der Waals surface area contributed by atoms with E-state index in [2.05, 4.69) is 10.3 Å². The summed E-state index contributed by atoms with van der Waals surface area (Å²) in [5.41, 5.74) is 2.53. The van der Waals surface area contributed by atoms with Gasteiger partial charge in [0.1, 0.15) is 23.1 Å². The van der Waals surface area contributed by atoms with E-state index >= 15 is 0 Å². The first kappa shape index (κ1) is 14.5. The van der Waals surface area contributed by atoms with Crippen LogP contribution in [0.2, 0.25) is 0 Å². The van der Waals surface area contributed by atoms with Gasteiger partial charge in [-0.3, -0.25) is 10.1 Å². The lowest BCUT2D eigenvalue weighted by Gasteiger charge is -2.11. The van der Waals surface area contributed by atoms with Crippen LogP contribution in [0.3, 0.4) is 0 Å². The molecule has 0 atom stereocenters. The average Bonchev–Trinajstić information content (AvgIpc) is 2.38. The third kappa shape index (κ3) is 2.82. The van der Waals surface area contributed by atoms with Crippen molar-refractivity contribution in [2.24, 2.45) is 0 Å². The Morgan fingerprint density at radius 2 is 2.05 bits per heavy atom. The molecule has 0 amide bonds. The van der Waals surface area contributed by atoms with Gasteiger partial charge < -0.3 is 5.32 Å². The summed E-state index contributed by atoms with van der Waals surface area (Å²) in [7, 11) is 0. The number of pyridine rings is 1. The van der Waals surface area contributed by atoms with E-state index in [9.17, 15) is 15.4 Å². The van der Waals surface area contributed by atoms with E-state index in [4.69, 9.17) is 0 Å². The Morgan fingerprint density at radius 3 is 2.62 bits per heavy atom. The Kier molecular flexibility index (Phi) is 3.85. The molecule has 0 saturated carbocycles. The van der Waals surface area contributed by atoms with Crippen LogP contribution in [0.5, 0.6) is 0 Å². The molecule has 106 valence electrons. The van der Waals surface area contributed by atoms with Gasteiger partial charge in [0.25, 0.3) is 5.69 Å². The molecule has 0 radical (unpaired) electrons. The summed E-state index contributed by atoms with van der Waals surface area (Å²) in [6, 6.07) is 9.59. The number of nitrogens with one attached hydrogen (secondary N) is 1. The number of anilines is 2. The molecule has 1 aromatic carbocycles. The third-order valence-corrected chi connectivity index (χ3v) is 3.16. The Labute approximate surface area is 122 Å². The topological polar surface area (TPSA) is 91.8 Å². The highest BCUT2D eigenvalue weighted by atomic mass is 16.6. The van der Waals surface area contributed by atoms with Gasteiger partial charge in [0, 0.05) is 5.69 Å². The predicted molar refractivity (Wildman–Crippen MR) is 79.5 cm³/mol. The van der Waals surface area contributed by atoms with Crippen molar-refractivity contribution in [3.05, 3.63) is 56.8 Å². The van der Waals surface area contributed by atoms with Crippen LogP contribution in [0.25, 0.3) is 0 Å². The quantitative estimate of drug-likeness (QED) is 0.686. The first-order valence-electron chi connectivity index (χ1n) is 6.33. The first-order chi connectivity index (χ1) is 9.93. The summed E-state index contributed by atoms with van der Waals surface area (Å²) in [5.74, 6) is 0.337. The summed E-state index contributed by atoms with van der Waals surface area (Å²) in [6.45, 7) is 5.08. The minimum absolute atomic E-state index is 0.110. The van der Waals surface area contributed by atoms with Crippen molar-refractivity contribution in [1.82, 2.24) is 4.98 Å². The van der Waals surface area contributed by atoms with Gasteiger partial charge in [-0.1, -0.05) is 12.1 Å². The summed E-state index contributed by atoms with van der Waals surface area (Å²) in [5, 5.41) is 23.4. The molecular weight excluding hydrogens is 268 g/mol. The molecule has 0 saturated heterocycles. The molecule has 21 heavy (non-hydrogen) atoms. The minimum atomic E-state index is -0.505. The number of nitro groups is 1. The van der Waals surface area contributed by atoms with Crippen molar-refractivity contribution in [3.8, 4) is 6.07 Å². The van der Waals surface area contributed by atoms with Gasteiger partial charge in [-0.05, 0) is 38.5 Å². The van der Waals surface area contributed by atoms with Gasteiger partial charge >= 0.3 is 0 Å². The van der Waals surface area contributed by atoms with Gasteiger partial charge in [-0.2, -0.15) is 5.26 Å². The number of aryl methyl sites for hydroxylation is 2. The highest BCUT2D eigenvalue weighted by Gasteiger charge is 2.22. The number of benzene rings is 1. The fourth-order valence-electron chi connectivity index (χ4n) is 2.20. The zero-order valence-electron chi connectivity index (χ0n) is 12.0. The molecule has 0 aliphatic rings. The van der Waals surface area contributed by atoms with E-state index in [1.165, 1.54) is 0 Å². The van der Waals surface area contributed by atoms with Gasteiger partial charge in [-0.15, -0.1) is 0 Å². The smallest absolute Gasteiger partial charge is 0.294 e. The lowest BCUT2D eigenvalue weighted by molar-refractivity contribution is -0.386. The molecule has 1 N–H and O–H groups in total. The lowest BCUT2D eigenvalue weighted by atomic mass is 10.1. The van der Waals surface area contributed by atoms with Crippen molar-refractivity contribution in [1.29, 1.82) is 5.26 Å². The second-order valence-electron chi connectivity index (χ2n) is 4.76. The zero-order valence-corrected chi connectivity index (χ0v) is 12.0. The van der Waals surface area contributed by atoms with Crippen LogP contribution >= 0.6 is 0 Å². The Morgan fingerprint density at radius 1 is 1.33 bits per heavy atom. The molecule has 1 heterocycles. The van der Waals surface area contributed by atoms with Crippen LogP contribution < -0.4 is 5.32 Å². The monoisotopic (exact) mass is 282 g/mol. The highest BCUT2D eigenvalue weighted by Crippen LogP contribution is 2.30. The van der Waals surface area contributed by atoms with Crippen LogP contribution in [0.4, 0.5) is 17.2 Å². The van der Waals surface area contributed by atoms with Crippen molar-refractivity contribution in [3.63, 3.8) is 0 Å². The number of hydrogen-bond donors (Lipinski definition) is 1. The minimum Gasteiger partial charge on any atom is -0.339 e. The maximum atomic E-state index is 11.1. The Hall–Kier alpha value is -2.94. The summed E-state index contributed by atoms with van der Waals surface area (Å²) < 4.78 is 0. The molecule has 2 rings (SSSR count). The van der Waals surface area contributed by atoms with Crippen LogP contribution in [-0.2, 0) is 0 Å². The van der Waals surface area contributed by atoms with Crippen molar-refractivity contribution < 1.29 is 4.92 Å². The maximum Gasteiger partial charge on any atom is 0.294 e. The molecule has 0 unspecified atom stereocenters. The fraction of sp³-hybridized carbons (Fsp3) is 0.200. The number of nitriles is 1. The normalized spacial score (nSPS) is 10.0. The van der Waals surface area contributed by atoms with E-state index in [-0.39, 0.29) is 16.9 Å². The number of nitrogens with zero attached hydrogens (tertiary/aromatic N) is 3. The molecule has 0 aliphatic carbocycles. The zero-order chi connectivity index (χ0) is 15.6. The summed E-state index contributed by atoms with van der Waals surface area (Å²) in [4.78, 5) is 14.7. The molecular formula is C15H14N4O2. The van der Waals surface area contributed by atoms with E-state index in [1.54, 1.807) is 13.8 Å². The van der Waals surface area contributed by atoms with Crippen molar-refractivity contribution in [2.45, 2.75) is 20.8 Å². The van der Waals surface area contributed by atoms with Crippen molar-refractivity contribution >= 4 is 17.2 Å². The fourth-order valence-corrected chi connectivity index (χ4v) is 2.20. The van der Waals surface area contributed by atoms with Gasteiger partial charge in [-0.25, -0.2) is 4.98 Å². The second kappa shape index (κ2) is 5.59. The van der Waals surface area contributed by atoms with Crippen LogP contribution in [0.15, 0.2) is 24.3 Å². The molecule has 1 aromatic heterocycles. The van der Waals surface area contributed by atoms with Crippen LogP contribution in [0, 0.1) is 42.2 Å². The van der Waals surface area contributed by atoms with Crippen LogP contribution in [0.1, 0.15) is 22.4 Å². The van der Waals surface area contributed by atoms with Crippen LogP contribution in [-0.4, -0.2) is 9.91 Å². The Bertz CT molecular complexity index is 763. The lowest BCUT2D eigenvalue weighted by Crippen LogP contribution is -2.05. The van der Waals surface area contributed by atoms with Gasteiger partial charge in [0.2, 0.25) is 0 Å². The molecule has 6 heteroatoms. The molecule has 6 nitrogen and oxygen atoms in total. The molecule has 0 fully saturated rings. The molecule has 0 bridgehead atoms. The van der Waals surface area contributed by atoms with E-state index in [0.29, 0.717) is 11.4 Å². The molecule has 2 aromatic rings. The predicted octanol–water partition coefficient (Wildman–Crippen LogP) is 3.53. The first-order valence-corrected chi connectivity index (χ1v) is 6.33. The number of hydrogen-bond acceptors (Lipinski definition) is 5. The van der Waals surface area contributed by atoms with E-state index < -0.39 is 4.92 Å². The maximum absolute atomic E-state index is 11.1. The average molecular weight is 282 g/mol. The second-order valence-corrected chi connectivity index (χ2v) is 4.76. The van der Waals surface area contributed by atoms with Gasteiger partial charge in [0.05, 0.1) is 10.5 Å². The third-order valence-electron chi connectivity index (χ3n) is 3.16. The standard InChI is InChI=1S/C15H14N4O2/c1-9-5-4-6-12(7-9)18-15-13(8-16)10(2)14(19(20)21)11(3)17-15/h4-7H,1-3H3,(H,17,18). The largest absolute Gasteiger partial charge is 0.339 e. The number of rotatable bonds is 3. The molecule has 0 spiro atoms. The van der Waals surface area contributed by atoms with E-state index in [0.717, 1.165) is 11.3 Å². The molecule has 0 aliphatic heterocycles. The van der Waals surface area contributed by atoms with Gasteiger partial charge in [0.15, 0.2) is 0 Å².